The molecule has 0 saturated heterocycles. The Labute approximate surface area is 70.0 Å². The van der Waals surface area contributed by atoms with E-state index in [1.165, 1.54) is 12.4 Å². The van der Waals surface area contributed by atoms with Crippen LogP contribution < -0.4 is 0 Å². The minimum atomic E-state index is -4.47. The summed E-state index contributed by atoms with van der Waals surface area (Å²) in [6.07, 6.45) is -1.18. The van der Waals surface area contributed by atoms with Crippen LogP contribution in [-0.4, -0.2) is 19.6 Å². The largest absolute Gasteiger partial charge is 0.436 e. The van der Waals surface area contributed by atoms with Gasteiger partial charge < -0.3 is 0 Å². The molecule has 0 amide bonds. The molecule has 0 fully saturated rings. The van der Waals surface area contributed by atoms with Gasteiger partial charge >= 0.3 is 6.18 Å². The van der Waals surface area contributed by atoms with Crippen molar-refractivity contribution in [1.82, 2.24) is 19.6 Å². The van der Waals surface area contributed by atoms with Crippen LogP contribution >= 0.6 is 0 Å². The smallest absolute Gasteiger partial charge is 0.218 e. The third-order valence-electron chi connectivity index (χ3n) is 1.41. The number of rotatable bonds is 0. The summed E-state index contributed by atoms with van der Waals surface area (Å²) in [6.45, 7) is 0. The fraction of sp³-hybridized carbons (Fsp3) is 0.167. The van der Waals surface area contributed by atoms with Crippen molar-refractivity contribution in [2.45, 2.75) is 6.18 Å². The van der Waals surface area contributed by atoms with E-state index in [-0.39, 0.29) is 5.78 Å². The fourth-order valence-electron chi connectivity index (χ4n) is 0.850. The highest BCUT2D eigenvalue weighted by molar-refractivity contribution is 5.24. The molecule has 0 spiro atoms. The van der Waals surface area contributed by atoms with Crippen molar-refractivity contribution in [3.63, 3.8) is 0 Å². The number of hydrogen-bond donors (Lipinski definition) is 0. The lowest BCUT2D eigenvalue weighted by atomic mass is 10.5. The first-order valence-corrected chi connectivity index (χ1v) is 3.31. The Bertz CT molecular complexity index is 433. The molecule has 13 heavy (non-hydrogen) atoms. The van der Waals surface area contributed by atoms with E-state index in [4.69, 9.17) is 0 Å². The summed E-state index contributed by atoms with van der Waals surface area (Å²) in [4.78, 5) is 7.14. The van der Waals surface area contributed by atoms with Gasteiger partial charge in [-0.25, -0.2) is 14.5 Å². The molecule has 7 heteroatoms. The van der Waals surface area contributed by atoms with E-state index in [0.29, 0.717) is 6.20 Å². The lowest BCUT2D eigenvalue weighted by molar-refractivity contribution is -0.142. The van der Waals surface area contributed by atoms with Gasteiger partial charge in [0.15, 0.2) is 5.69 Å². The van der Waals surface area contributed by atoms with Crippen LogP contribution in [0, 0.1) is 0 Å². The minimum absolute atomic E-state index is 0.146. The van der Waals surface area contributed by atoms with E-state index in [9.17, 15) is 13.2 Å². The van der Waals surface area contributed by atoms with Crippen LogP contribution in [0.5, 0.6) is 0 Å². The summed E-state index contributed by atoms with van der Waals surface area (Å²) in [6, 6.07) is 0. The third-order valence-corrected chi connectivity index (χ3v) is 1.41. The average Bonchev–Trinajstić information content (AvgIpc) is 2.47. The maximum absolute atomic E-state index is 12.1. The van der Waals surface area contributed by atoms with Crippen molar-refractivity contribution < 1.29 is 13.2 Å². The van der Waals surface area contributed by atoms with Crippen LogP contribution in [0.2, 0.25) is 0 Å². The summed E-state index contributed by atoms with van der Waals surface area (Å²) in [5, 5.41) is 3.27. The average molecular weight is 188 g/mol. The number of imidazole rings is 1. The van der Waals surface area contributed by atoms with Crippen molar-refractivity contribution in [3.8, 4) is 0 Å². The van der Waals surface area contributed by atoms with Gasteiger partial charge in [0.1, 0.15) is 0 Å². The van der Waals surface area contributed by atoms with Crippen molar-refractivity contribution in [2.24, 2.45) is 0 Å². The molecule has 0 atom stereocenters. The molecular weight excluding hydrogens is 185 g/mol. The molecule has 0 aliphatic carbocycles. The number of alkyl halides is 3. The second-order valence-corrected chi connectivity index (χ2v) is 2.31. The van der Waals surface area contributed by atoms with E-state index in [1.807, 2.05) is 0 Å². The van der Waals surface area contributed by atoms with Gasteiger partial charge in [-0.1, -0.05) is 0 Å². The van der Waals surface area contributed by atoms with Gasteiger partial charge in [-0.2, -0.15) is 18.3 Å². The molecule has 4 nitrogen and oxygen atoms in total. The number of nitrogens with zero attached hydrogens (tertiary/aromatic N) is 4. The van der Waals surface area contributed by atoms with Gasteiger partial charge in [-0.05, 0) is 0 Å². The highest BCUT2D eigenvalue weighted by Gasteiger charge is 2.33. The fourth-order valence-corrected chi connectivity index (χ4v) is 0.850. The number of halogens is 3. The van der Waals surface area contributed by atoms with Crippen LogP contribution in [0.3, 0.4) is 0 Å². The molecule has 2 aromatic heterocycles. The second kappa shape index (κ2) is 2.41. The van der Waals surface area contributed by atoms with Gasteiger partial charge in [0.25, 0.3) is 5.78 Å². The van der Waals surface area contributed by atoms with Crippen LogP contribution in [0.4, 0.5) is 13.2 Å². The Morgan fingerprint density at radius 1 is 1.23 bits per heavy atom. The Hall–Kier alpha value is -1.66. The molecule has 0 aliphatic heterocycles. The standard InChI is InChI=1S/C6H3F3N4/c7-6(8,9)4-3-11-5-10-1-2-13(5)12-4/h1-3H. The number of hydrogen-bond acceptors (Lipinski definition) is 3. The maximum atomic E-state index is 12.1. The van der Waals surface area contributed by atoms with Crippen molar-refractivity contribution in [3.05, 3.63) is 24.3 Å². The Balaban J connectivity index is 2.61. The SMILES string of the molecule is FC(F)(F)c1cnc2nccn2n1. The minimum Gasteiger partial charge on any atom is -0.218 e. The van der Waals surface area contributed by atoms with E-state index >= 15 is 0 Å². The lowest BCUT2D eigenvalue weighted by Crippen LogP contribution is -2.11. The molecule has 2 heterocycles. The monoisotopic (exact) mass is 188 g/mol. The topological polar surface area (TPSA) is 43.1 Å². The van der Waals surface area contributed by atoms with E-state index in [1.54, 1.807) is 0 Å². The quantitative estimate of drug-likeness (QED) is 0.622. The van der Waals surface area contributed by atoms with E-state index in [0.717, 1.165) is 4.52 Å². The predicted octanol–water partition coefficient (Wildman–Crippen LogP) is 1.14. The summed E-state index contributed by atoms with van der Waals surface area (Å²) in [7, 11) is 0. The van der Waals surface area contributed by atoms with Gasteiger partial charge in [0.2, 0.25) is 0 Å². The first-order valence-electron chi connectivity index (χ1n) is 3.31. The molecule has 2 aromatic rings. The molecule has 2 rings (SSSR count). The van der Waals surface area contributed by atoms with Crippen molar-refractivity contribution >= 4 is 5.78 Å². The Morgan fingerprint density at radius 3 is 2.69 bits per heavy atom. The van der Waals surface area contributed by atoms with Crippen LogP contribution in [0.25, 0.3) is 5.78 Å². The second-order valence-electron chi connectivity index (χ2n) is 2.31. The number of aromatic nitrogens is 4. The first-order chi connectivity index (χ1) is 6.07. The third kappa shape index (κ3) is 1.32. The van der Waals surface area contributed by atoms with Gasteiger partial charge in [-0.3, -0.25) is 0 Å². The molecule has 0 aromatic carbocycles. The molecule has 0 radical (unpaired) electrons. The molecule has 0 unspecified atom stereocenters. The Morgan fingerprint density at radius 2 is 2.00 bits per heavy atom. The molecular formula is C6H3F3N4. The van der Waals surface area contributed by atoms with Gasteiger partial charge in [0.05, 0.1) is 12.4 Å². The van der Waals surface area contributed by atoms with Crippen molar-refractivity contribution in [2.75, 3.05) is 0 Å². The molecule has 0 N–H and O–H groups in total. The summed E-state index contributed by atoms with van der Waals surface area (Å²) in [5.74, 6) is 0.146. The predicted molar refractivity (Wildman–Crippen MR) is 35.8 cm³/mol. The molecule has 0 saturated carbocycles. The van der Waals surface area contributed by atoms with Crippen LogP contribution in [0.1, 0.15) is 5.69 Å². The zero-order valence-electron chi connectivity index (χ0n) is 6.15. The van der Waals surface area contributed by atoms with E-state index in [2.05, 4.69) is 15.1 Å². The summed E-state index contributed by atoms with van der Waals surface area (Å²) < 4.78 is 37.2. The summed E-state index contributed by atoms with van der Waals surface area (Å²) in [5.41, 5.74) is -1.03. The zero-order valence-corrected chi connectivity index (χ0v) is 6.15. The van der Waals surface area contributed by atoms with Gasteiger partial charge in [0, 0.05) is 6.20 Å². The van der Waals surface area contributed by atoms with Crippen LogP contribution in [-0.2, 0) is 6.18 Å². The number of fused-ring (bicyclic) bond motifs is 1. The Kier molecular flexibility index (Phi) is 1.48. The summed E-state index contributed by atoms with van der Waals surface area (Å²) >= 11 is 0. The van der Waals surface area contributed by atoms with E-state index < -0.39 is 11.9 Å². The normalized spacial score (nSPS) is 12.2. The highest BCUT2D eigenvalue weighted by Crippen LogP contribution is 2.26. The first kappa shape index (κ1) is 7.96. The van der Waals surface area contributed by atoms with Crippen molar-refractivity contribution in [1.29, 1.82) is 0 Å². The molecule has 0 bridgehead atoms. The molecule has 68 valence electrons. The zero-order chi connectivity index (χ0) is 9.47. The van der Waals surface area contributed by atoms with Gasteiger partial charge in [-0.15, -0.1) is 0 Å². The lowest BCUT2D eigenvalue weighted by Gasteiger charge is -2.03. The molecule has 0 aliphatic rings. The highest BCUT2D eigenvalue weighted by atomic mass is 19.4. The maximum Gasteiger partial charge on any atom is 0.436 e. The van der Waals surface area contributed by atoms with Crippen LogP contribution in [0.15, 0.2) is 18.6 Å².